The van der Waals surface area contributed by atoms with Gasteiger partial charge in [-0.3, -0.25) is 19.3 Å². The Morgan fingerprint density at radius 2 is 2.00 bits per heavy atom. The van der Waals surface area contributed by atoms with E-state index in [-0.39, 0.29) is 4.91 Å². The summed E-state index contributed by atoms with van der Waals surface area (Å²) >= 11 is 12.8. The fourth-order valence-electron chi connectivity index (χ4n) is 2.17. The molecule has 9 heteroatoms. The molecule has 1 N–H and O–H groups in total. The fourth-order valence-corrected chi connectivity index (χ4v) is 3.38. The minimum absolute atomic E-state index is 0.0874. The first-order valence-corrected chi connectivity index (χ1v) is 8.45. The normalized spacial score (nSPS) is 16.1. The second-order valence-corrected chi connectivity index (χ2v) is 6.74. The van der Waals surface area contributed by atoms with Crippen molar-refractivity contribution < 1.29 is 23.9 Å². The third-order valence-corrected chi connectivity index (χ3v) is 5.01. The average Bonchev–Trinajstić information content (AvgIpc) is 3.11. The second kappa shape index (κ2) is 6.95. The molecule has 2 amide bonds. The smallest absolute Gasteiger partial charge is 0.323 e. The van der Waals surface area contributed by atoms with Crippen LogP contribution in [0.4, 0.5) is 4.79 Å². The number of nitrogens with zero attached hydrogens (tertiary/aromatic N) is 1. The van der Waals surface area contributed by atoms with Crippen molar-refractivity contribution in [2.75, 3.05) is 6.54 Å². The number of carboxylic acids is 1. The maximum absolute atomic E-state index is 12.1. The molecule has 1 fully saturated rings. The highest BCUT2D eigenvalue weighted by Gasteiger charge is 2.36. The monoisotopic (exact) mass is 397 g/mol. The van der Waals surface area contributed by atoms with Crippen LogP contribution in [0.2, 0.25) is 10.0 Å². The molecule has 0 aliphatic carbocycles. The number of imide groups is 1. The Kier molecular flexibility index (Phi) is 4.89. The van der Waals surface area contributed by atoms with Crippen LogP contribution in [0.1, 0.15) is 5.76 Å². The molecule has 2 heterocycles. The van der Waals surface area contributed by atoms with Crippen LogP contribution in [0.3, 0.4) is 0 Å². The molecule has 1 saturated heterocycles. The molecule has 1 aromatic carbocycles. The maximum Gasteiger partial charge on any atom is 0.323 e. The van der Waals surface area contributed by atoms with Gasteiger partial charge in [-0.15, -0.1) is 0 Å². The number of hydrogen-bond donors (Lipinski definition) is 1. The SMILES string of the molecule is O=C(O)CN1C(=O)S/C(=C\c2ccc(-c3cccc(Cl)c3Cl)o2)C1=O. The van der Waals surface area contributed by atoms with Crippen LogP contribution < -0.4 is 0 Å². The Labute approximate surface area is 156 Å². The Bertz CT molecular complexity index is 921. The minimum atomic E-state index is -1.26. The van der Waals surface area contributed by atoms with Crippen LogP contribution in [0, 0.1) is 0 Å². The molecule has 1 aliphatic rings. The van der Waals surface area contributed by atoms with Crippen LogP contribution in [-0.2, 0) is 9.59 Å². The van der Waals surface area contributed by atoms with Gasteiger partial charge in [-0.25, -0.2) is 0 Å². The van der Waals surface area contributed by atoms with Crippen LogP contribution in [0.15, 0.2) is 39.7 Å². The van der Waals surface area contributed by atoms with Gasteiger partial charge < -0.3 is 9.52 Å². The largest absolute Gasteiger partial charge is 0.480 e. The molecule has 0 unspecified atom stereocenters. The summed E-state index contributed by atoms with van der Waals surface area (Å²) in [4.78, 5) is 35.3. The van der Waals surface area contributed by atoms with E-state index in [1.807, 2.05) is 0 Å². The lowest BCUT2D eigenvalue weighted by atomic mass is 10.2. The standard InChI is InChI=1S/C16H9Cl2NO5S/c17-10-3-1-2-9(14(10)18)11-5-4-8(24-11)6-12-15(22)19(7-13(20)21)16(23)25-12/h1-6H,7H2,(H,20,21)/b12-6-. The van der Waals surface area contributed by atoms with E-state index in [1.54, 1.807) is 30.3 Å². The van der Waals surface area contributed by atoms with E-state index in [9.17, 15) is 14.4 Å². The number of thioether (sulfide) groups is 1. The van der Waals surface area contributed by atoms with E-state index in [0.717, 1.165) is 0 Å². The molecule has 2 aromatic rings. The Hall–Kier alpha value is -2.22. The Morgan fingerprint density at radius 1 is 1.24 bits per heavy atom. The highest BCUT2D eigenvalue weighted by atomic mass is 35.5. The van der Waals surface area contributed by atoms with Crippen LogP contribution >= 0.6 is 35.0 Å². The topological polar surface area (TPSA) is 87.8 Å². The third-order valence-electron chi connectivity index (χ3n) is 3.28. The predicted octanol–water partition coefficient (Wildman–Crippen LogP) is 4.37. The summed E-state index contributed by atoms with van der Waals surface area (Å²) < 4.78 is 5.64. The lowest BCUT2D eigenvalue weighted by Gasteiger charge is -2.07. The summed E-state index contributed by atoms with van der Waals surface area (Å²) in [6.07, 6.45) is 1.38. The summed E-state index contributed by atoms with van der Waals surface area (Å²) in [5.41, 5.74) is 0.591. The molecule has 1 aromatic heterocycles. The molecule has 128 valence electrons. The van der Waals surface area contributed by atoms with Crippen molar-refractivity contribution >= 4 is 58.2 Å². The van der Waals surface area contributed by atoms with E-state index in [2.05, 4.69) is 0 Å². The zero-order valence-electron chi connectivity index (χ0n) is 12.4. The second-order valence-electron chi connectivity index (χ2n) is 4.96. The van der Waals surface area contributed by atoms with E-state index in [1.165, 1.54) is 6.08 Å². The summed E-state index contributed by atoms with van der Waals surface area (Å²) in [6.45, 7) is -0.677. The number of carbonyl (C=O) groups is 3. The van der Waals surface area contributed by atoms with Crippen LogP contribution in [-0.4, -0.2) is 33.7 Å². The average molecular weight is 398 g/mol. The zero-order valence-corrected chi connectivity index (χ0v) is 14.7. The number of rotatable bonds is 4. The summed E-state index contributed by atoms with van der Waals surface area (Å²) in [5, 5.41) is 8.83. The number of aliphatic carboxylic acids is 1. The number of amides is 2. The first-order chi connectivity index (χ1) is 11.9. The molecule has 6 nitrogen and oxygen atoms in total. The van der Waals surface area contributed by atoms with Crippen molar-refractivity contribution in [2.24, 2.45) is 0 Å². The lowest BCUT2D eigenvalue weighted by Crippen LogP contribution is -2.33. The van der Waals surface area contributed by atoms with Gasteiger partial charge in [0.05, 0.1) is 15.0 Å². The molecule has 25 heavy (non-hydrogen) atoms. The Balaban J connectivity index is 1.87. The van der Waals surface area contributed by atoms with E-state index in [0.29, 0.717) is 43.8 Å². The molecule has 1 aliphatic heterocycles. The first kappa shape index (κ1) is 17.6. The van der Waals surface area contributed by atoms with Crippen molar-refractivity contribution in [3.05, 3.63) is 51.0 Å². The quantitative estimate of drug-likeness (QED) is 0.770. The molecule has 0 atom stereocenters. The zero-order chi connectivity index (χ0) is 18.1. The number of halogens is 2. The van der Waals surface area contributed by atoms with Crippen molar-refractivity contribution in [3.8, 4) is 11.3 Å². The Morgan fingerprint density at radius 3 is 2.72 bits per heavy atom. The van der Waals surface area contributed by atoms with Crippen molar-refractivity contribution in [1.82, 2.24) is 4.90 Å². The van der Waals surface area contributed by atoms with Gasteiger partial charge in [0.1, 0.15) is 18.1 Å². The van der Waals surface area contributed by atoms with Crippen molar-refractivity contribution in [2.45, 2.75) is 0 Å². The van der Waals surface area contributed by atoms with Gasteiger partial charge in [0.2, 0.25) is 0 Å². The minimum Gasteiger partial charge on any atom is -0.480 e. The summed E-state index contributed by atoms with van der Waals surface area (Å²) in [6, 6.07) is 8.37. The maximum atomic E-state index is 12.1. The van der Waals surface area contributed by atoms with Crippen molar-refractivity contribution in [1.29, 1.82) is 0 Å². The van der Waals surface area contributed by atoms with E-state index in [4.69, 9.17) is 32.7 Å². The molecular weight excluding hydrogens is 389 g/mol. The predicted molar refractivity (Wildman–Crippen MR) is 94.5 cm³/mol. The third kappa shape index (κ3) is 3.58. The summed E-state index contributed by atoms with van der Waals surface area (Å²) in [5.74, 6) is -1.16. The molecule has 0 saturated carbocycles. The van der Waals surface area contributed by atoms with Crippen molar-refractivity contribution in [3.63, 3.8) is 0 Å². The van der Waals surface area contributed by atoms with E-state index < -0.39 is 23.7 Å². The number of carboxylic acid groups (broad SMARTS) is 1. The van der Waals surface area contributed by atoms with Gasteiger partial charge in [0.15, 0.2) is 0 Å². The van der Waals surface area contributed by atoms with Gasteiger partial charge in [-0.2, -0.15) is 0 Å². The number of furan rings is 1. The highest BCUT2D eigenvalue weighted by molar-refractivity contribution is 8.18. The molecular formula is C16H9Cl2NO5S. The van der Waals surface area contributed by atoms with Gasteiger partial charge >= 0.3 is 5.97 Å². The molecule has 3 rings (SSSR count). The van der Waals surface area contributed by atoms with E-state index >= 15 is 0 Å². The lowest BCUT2D eigenvalue weighted by molar-refractivity contribution is -0.140. The fraction of sp³-hybridized carbons (Fsp3) is 0.0625. The molecule has 0 spiro atoms. The molecule has 0 radical (unpaired) electrons. The first-order valence-electron chi connectivity index (χ1n) is 6.88. The van der Waals surface area contributed by atoms with Gasteiger partial charge in [-0.05, 0) is 36.0 Å². The van der Waals surface area contributed by atoms with Gasteiger partial charge in [0, 0.05) is 11.6 Å². The van der Waals surface area contributed by atoms with Gasteiger partial charge in [0.25, 0.3) is 11.1 Å². The van der Waals surface area contributed by atoms with Gasteiger partial charge in [-0.1, -0.05) is 29.3 Å². The van der Waals surface area contributed by atoms with Crippen LogP contribution in [0.25, 0.3) is 17.4 Å². The summed E-state index contributed by atoms with van der Waals surface area (Å²) in [7, 11) is 0. The number of carbonyl (C=O) groups excluding carboxylic acids is 2. The van der Waals surface area contributed by atoms with Crippen LogP contribution in [0.5, 0.6) is 0 Å². The highest BCUT2D eigenvalue weighted by Crippen LogP contribution is 2.36. The number of benzene rings is 1. The number of hydrogen-bond acceptors (Lipinski definition) is 5. The molecule has 0 bridgehead atoms.